The fraction of sp³-hybridized carbons (Fsp3) is 0.0625. The Labute approximate surface area is 130 Å². The molecule has 2 heterocycles. The molecule has 0 bridgehead atoms. The number of benzene rings is 2. The number of non-ortho nitro benzene ring substituents is 1. The maximum absolute atomic E-state index is 10.9. The van der Waals surface area contributed by atoms with E-state index in [1.54, 1.807) is 6.07 Å². The van der Waals surface area contributed by atoms with Crippen molar-refractivity contribution in [3.63, 3.8) is 0 Å². The van der Waals surface area contributed by atoms with Crippen LogP contribution in [0.15, 0.2) is 42.5 Å². The predicted octanol–water partition coefficient (Wildman–Crippen LogP) is 3.21. The molecule has 0 aliphatic heterocycles. The number of hydrogen-bond donors (Lipinski definition) is 2. The van der Waals surface area contributed by atoms with Crippen LogP contribution in [0.4, 0.5) is 11.5 Å². The highest BCUT2D eigenvalue weighted by atomic mass is 16.6. The van der Waals surface area contributed by atoms with Crippen LogP contribution in [0.2, 0.25) is 0 Å². The number of nitrogens with zero attached hydrogens (tertiary/aromatic N) is 3. The molecule has 0 aliphatic rings. The second-order valence-corrected chi connectivity index (χ2v) is 5.38. The molecule has 0 fully saturated rings. The van der Waals surface area contributed by atoms with Crippen molar-refractivity contribution < 1.29 is 4.92 Å². The molecule has 2 aromatic heterocycles. The molecular formula is C16H13N5O2. The van der Waals surface area contributed by atoms with Crippen molar-refractivity contribution >= 4 is 33.4 Å². The van der Waals surface area contributed by atoms with Crippen molar-refractivity contribution in [3.05, 3.63) is 52.6 Å². The number of nitrogens with one attached hydrogen (secondary N) is 1. The molecule has 7 nitrogen and oxygen atoms in total. The fourth-order valence-electron chi connectivity index (χ4n) is 2.93. The summed E-state index contributed by atoms with van der Waals surface area (Å²) in [4.78, 5) is 18.2. The maximum Gasteiger partial charge on any atom is 0.271 e. The van der Waals surface area contributed by atoms with E-state index < -0.39 is 4.92 Å². The van der Waals surface area contributed by atoms with Crippen LogP contribution in [0.1, 0.15) is 0 Å². The number of aromatic amines is 1. The Bertz CT molecular complexity index is 1080. The van der Waals surface area contributed by atoms with Gasteiger partial charge in [0.2, 0.25) is 0 Å². The summed E-state index contributed by atoms with van der Waals surface area (Å²) in [5, 5.41) is 11.7. The van der Waals surface area contributed by atoms with E-state index in [0.29, 0.717) is 11.3 Å². The van der Waals surface area contributed by atoms with Crippen LogP contribution in [0.25, 0.3) is 33.3 Å². The third-order valence-electron chi connectivity index (χ3n) is 4.03. The largest absolute Gasteiger partial charge is 0.385 e. The smallest absolute Gasteiger partial charge is 0.271 e. The average molecular weight is 307 g/mol. The summed E-state index contributed by atoms with van der Waals surface area (Å²) in [5.41, 5.74) is 9.40. The van der Waals surface area contributed by atoms with Gasteiger partial charge in [-0.2, -0.15) is 0 Å². The van der Waals surface area contributed by atoms with Gasteiger partial charge in [-0.25, -0.2) is 4.98 Å². The molecule has 7 heteroatoms. The molecule has 3 N–H and O–H groups in total. The summed E-state index contributed by atoms with van der Waals surface area (Å²) in [5.74, 6) is 1.17. The van der Waals surface area contributed by atoms with Crippen LogP contribution in [0, 0.1) is 10.1 Å². The molecular weight excluding hydrogens is 294 g/mol. The lowest BCUT2D eigenvalue weighted by atomic mass is 10.1. The van der Waals surface area contributed by atoms with E-state index >= 15 is 0 Å². The van der Waals surface area contributed by atoms with Gasteiger partial charge in [0.25, 0.3) is 5.69 Å². The monoisotopic (exact) mass is 307 g/mol. The minimum absolute atomic E-state index is 0.0234. The van der Waals surface area contributed by atoms with Gasteiger partial charge in [0.15, 0.2) is 0 Å². The van der Waals surface area contributed by atoms with E-state index in [0.717, 1.165) is 27.8 Å². The lowest BCUT2D eigenvalue weighted by molar-refractivity contribution is -0.384. The van der Waals surface area contributed by atoms with E-state index in [1.165, 1.54) is 12.1 Å². The van der Waals surface area contributed by atoms with Gasteiger partial charge in [0.1, 0.15) is 11.6 Å². The fourth-order valence-corrected chi connectivity index (χ4v) is 2.93. The van der Waals surface area contributed by atoms with Crippen molar-refractivity contribution in [1.82, 2.24) is 14.5 Å². The van der Waals surface area contributed by atoms with Gasteiger partial charge in [-0.05, 0) is 18.2 Å². The van der Waals surface area contributed by atoms with Gasteiger partial charge in [0, 0.05) is 24.6 Å². The number of H-pyrrole nitrogens is 1. The van der Waals surface area contributed by atoms with Crippen molar-refractivity contribution in [1.29, 1.82) is 0 Å². The number of nitro groups is 1. The number of aryl methyl sites for hydroxylation is 1. The van der Waals surface area contributed by atoms with Gasteiger partial charge in [-0.1, -0.05) is 12.1 Å². The SMILES string of the molecule is Cn1c(-c2c(N)[nH]c3cc([N+](=O)[O-])ccc23)nc2ccccc21. The first kappa shape index (κ1) is 13.3. The van der Waals surface area contributed by atoms with Gasteiger partial charge < -0.3 is 15.3 Å². The number of nitrogen functional groups attached to an aromatic ring is 1. The molecule has 0 radical (unpaired) electrons. The van der Waals surface area contributed by atoms with E-state index in [-0.39, 0.29) is 5.69 Å². The van der Waals surface area contributed by atoms with Crippen molar-refractivity contribution in [3.8, 4) is 11.4 Å². The second-order valence-electron chi connectivity index (χ2n) is 5.38. The molecule has 2 aromatic carbocycles. The van der Waals surface area contributed by atoms with Crippen LogP contribution in [0.3, 0.4) is 0 Å². The maximum atomic E-state index is 10.9. The molecule has 0 aliphatic carbocycles. The molecule has 0 amide bonds. The molecule has 0 unspecified atom stereocenters. The Kier molecular flexibility index (Phi) is 2.65. The van der Waals surface area contributed by atoms with E-state index in [9.17, 15) is 10.1 Å². The highest BCUT2D eigenvalue weighted by Gasteiger charge is 2.19. The molecule has 4 aromatic rings. The van der Waals surface area contributed by atoms with Crippen LogP contribution < -0.4 is 5.73 Å². The number of imidazole rings is 1. The Morgan fingerprint density at radius 3 is 2.78 bits per heavy atom. The number of para-hydroxylation sites is 2. The van der Waals surface area contributed by atoms with Gasteiger partial charge in [-0.15, -0.1) is 0 Å². The Morgan fingerprint density at radius 2 is 2.04 bits per heavy atom. The molecule has 114 valence electrons. The minimum Gasteiger partial charge on any atom is -0.385 e. The lowest BCUT2D eigenvalue weighted by Gasteiger charge is -2.02. The summed E-state index contributed by atoms with van der Waals surface area (Å²) in [6, 6.07) is 12.5. The third kappa shape index (κ3) is 1.87. The van der Waals surface area contributed by atoms with Gasteiger partial charge in [0.05, 0.1) is 27.0 Å². The molecule has 0 spiro atoms. The number of rotatable bonds is 2. The first-order valence-electron chi connectivity index (χ1n) is 7.03. The van der Waals surface area contributed by atoms with Gasteiger partial charge in [-0.3, -0.25) is 10.1 Å². The van der Waals surface area contributed by atoms with Crippen molar-refractivity contribution in [2.45, 2.75) is 0 Å². The number of anilines is 1. The summed E-state index contributed by atoms with van der Waals surface area (Å²) in [6.07, 6.45) is 0. The zero-order valence-corrected chi connectivity index (χ0v) is 12.3. The zero-order chi connectivity index (χ0) is 16.1. The number of nitro benzene ring substituents is 1. The van der Waals surface area contributed by atoms with E-state index in [1.807, 2.05) is 35.9 Å². The summed E-state index contributed by atoms with van der Waals surface area (Å²) >= 11 is 0. The second kappa shape index (κ2) is 4.57. The minimum atomic E-state index is -0.425. The quantitative estimate of drug-likeness (QED) is 0.438. The summed E-state index contributed by atoms with van der Waals surface area (Å²) in [6.45, 7) is 0. The zero-order valence-electron chi connectivity index (χ0n) is 12.3. The molecule has 0 saturated carbocycles. The van der Waals surface area contributed by atoms with Crippen LogP contribution in [0.5, 0.6) is 0 Å². The van der Waals surface area contributed by atoms with Gasteiger partial charge >= 0.3 is 0 Å². The molecule has 23 heavy (non-hydrogen) atoms. The van der Waals surface area contributed by atoms with Crippen molar-refractivity contribution in [2.75, 3.05) is 5.73 Å². The van der Waals surface area contributed by atoms with Crippen molar-refractivity contribution in [2.24, 2.45) is 7.05 Å². The normalized spacial score (nSPS) is 11.3. The molecule has 0 atom stereocenters. The number of aromatic nitrogens is 3. The topological polar surface area (TPSA) is 103 Å². The third-order valence-corrected chi connectivity index (χ3v) is 4.03. The average Bonchev–Trinajstić information content (AvgIpc) is 3.03. The van der Waals surface area contributed by atoms with Crippen LogP contribution in [-0.4, -0.2) is 19.5 Å². The standard InChI is InChI=1S/C16H13N5O2/c1-20-13-5-3-2-4-11(13)19-16(20)14-10-7-6-9(21(22)23)8-12(10)18-15(14)17/h2-8,18H,17H2,1H3. The molecule has 0 saturated heterocycles. The highest BCUT2D eigenvalue weighted by molar-refractivity contribution is 6.02. The number of fused-ring (bicyclic) bond motifs is 2. The summed E-state index contributed by atoms with van der Waals surface area (Å²) < 4.78 is 1.97. The Morgan fingerprint density at radius 1 is 1.26 bits per heavy atom. The number of hydrogen-bond acceptors (Lipinski definition) is 4. The Balaban J connectivity index is 2.02. The molecule has 4 rings (SSSR count). The first-order valence-corrected chi connectivity index (χ1v) is 7.03. The first-order chi connectivity index (χ1) is 11.1. The Hall–Kier alpha value is -3.35. The van der Waals surface area contributed by atoms with E-state index in [4.69, 9.17) is 5.73 Å². The number of nitrogens with two attached hydrogens (primary N) is 1. The van der Waals surface area contributed by atoms with Crippen LogP contribution in [-0.2, 0) is 7.05 Å². The van der Waals surface area contributed by atoms with Crippen LogP contribution >= 0.6 is 0 Å². The predicted molar refractivity (Wildman–Crippen MR) is 89.1 cm³/mol. The lowest BCUT2D eigenvalue weighted by Crippen LogP contribution is -1.95. The summed E-state index contributed by atoms with van der Waals surface area (Å²) in [7, 11) is 1.92. The van der Waals surface area contributed by atoms with E-state index in [2.05, 4.69) is 9.97 Å². The highest BCUT2D eigenvalue weighted by Crippen LogP contribution is 2.36.